The summed E-state index contributed by atoms with van der Waals surface area (Å²) >= 11 is 0. The van der Waals surface area contributed by atoms with Crippen LogP contribution in [0, 0.1) is 6.92 Å². The van der Waals surface area contributed by atoms with E-state index in [9.17, 15) is 18.0 Å². The number of hydrogen-bond donors (Lipinski definition) is 2. The first kappa shape index (κ1) is 25.8. The average molecular weight is 510 g/mol. The monoisotopic (exact) mass is 509 g/mol. The summed E-state index contributed by atoms with van der Waals surface area (Å²) in [6.45, 7) is 3.01. The van der Waals surface area contributed by atoms with Crippen molar-refractivity contribution in [1.29, 1.82) is 0 Å². The van der Waals surface area contributed by atoms with Crippen molar-refractivity contribution in [2.75, 3.05) is 37.4 Å². The summed E-state index contributed by atoms with van der Waals surface area (Å²) in [4.78, 5) is 19.1. The first-order valence-corrected chi connectivity index (χ1v) is 11.5. The second-order valence-corrected chi connectivity index (χ2v) is 8.50. The molecule has 0 bridgehead atoms. The number of benzene rings is 2. The van der Waals surface area contributed by atoms with Gasteiger partial charge in [-0.1, -0.05) is 11.3 Å². The molecule has 11 heteroatoms. The number of aromatic nitrogens is 4. The van der Waals surface area contributed by atoms with Crippen molar-refractivity contribution >= 4 is 17.3 Å². The fourth-order valence-electron chi connectivity index (χ4n) is 3.77. The van der Waals surface area contributed by atoms with E-state index in [4.69, 9.17) is 0 Å². The van der Waals surface area contributed by atoms with Gasteiger partial charge < -0.3 is 15.5 Å². The first-order valence-electron chi connectivity index (χ1n) is 11.5. The molecule has 0 aliphatic heterocycles. The summed E-state index contributed by atoms with van der Waals surface area (Å²) in [5.41, 5.74) is 2.82. The van der Waals surface area contributed by atoms with E-state index in [1.165, 1.54) is 6.07 Å². The maximum atomic E-state index is 13.4. The lowest BCUT2D eigenvalue weighted by molar-refractivity contribution is -0.137. The standard InChI is InChI=1S/C26H26F3N7O/c1-17-6-7-18(13-24(17)36-16-22(33-34-36)19-5-4-10-31-15-19)25(37)32-21-14-20(26(27,28)29)8-9-23(21)35(3)12-11-30-2/h4-10,13-16,30H,11-12H2,1-3H3,(H,32,37). The quantitative estimate of drug-likeness (QED) is 0.362. The minimum atomic E-state index is -4.54. The van der Waals surface area contributed by atoms with E-state index in [0.717, 1.165) is 23.3 Å². The van der Waals surface area contributed by atoms with Crippen molar-refractivity contribution in [3.8, 4) is 16.9 Å². The average Bonchev–Trinajstić information content (AvgIpc) is 3.37. The molecule has 37 heavy (non-hydrogen) atoms. The number of rotatable bonds is 8. The number of anilines is 2. The van der Waals surface area contributed by atoms with Crippen LogP contribution in [-0.4, -0.2) is 53.1 Å². The van der Waals surface area contributed by atoms with E-state index in [1.54, 1.807) is 66.5 Å². The molecule has 0 fully saturated rings. The van der Waals surface area contributed by atoms with Gasteiger partial charge in [-0.2, -0.15) is 13.2 Å². The summed E-state index contributed by atoms with van der Waals surface area (Å²) < 4.78 is 41.8. The Labute approximate surface area is 212 Å². The molecule has 0 aliphatic rings. The number of pyridine rings is 1. The van der Waals surface area contributed by atoms with Crippen LogP contribution in [0.3, 0.4) is 0 Å². The predicted molar refractivity (Wildman–Crippen MR) is 136 cm³/mol. The number of alkyl halides is 3. The SMILES string of the molecule is CNCCN(C)c1ccc(C(F)(F)F)cc1NC(=O)c1ccc(C)c(-n2cc(-c3cccnc3)nn2)c1. The van der Waals surface area contributed by atoms with Gasteiger partial charge in [-0.3, -0.25) is 9.78 Å². The molecule has 0 unspecified atom stereocenters. The number of amides is 1. The Bertz CT molecular complexity index is 1390. The van der Waals surface area contributed by atoms with E-state index in [1.807, 2.05) is 13.0 Å². The zero-order chi connectivity index (χ0) is 26.6. The fraction of sp³-hybridized carbons (Fsp3) is 0.231. The number of likely N-dealkylation sites (N-methyl/N-ethyl adjacent to an activating group) is 2. The normalized spacial score (nSPS) is 11.4. The molecule has 192 valence electrons. The van der Waals surface area contributed by atoms with Crippen molar-refractivity contribution in [1.82, 2.24) is 25.3 Å². The van der Waals surface area contributed by atoms with Gasteiger partial charge in [0.2, 0.25) is 0 Å². The summed E-state index contributed by atoms with van der Waals surface area (Å²) in [6, 6.07) is 12.0. The van der Waals surface area contributed by atoms with Gasteiger partial charge in [-0.05, 0) is 62.0 Å². The molecule has 2 aromatic heterocycles. The number of nitrogens with zero attached hydrogens (tertiary/aromatic N) is 5. The van der Waals surface area contributed by atoms with Gasteiger partial charge in [0.1, 0.15) is 5.69 Å². The number of nitrogens with one attached hydrogen (secondary N) is 2. The lowest BCUT2D eigenvalue weighted by Crippen LogP contribution is -2.28. The molecule has 1 amide bonds. The first-order chi connectivity index (χ1) is 17.7. The van der Waals surface area contributed by atoms with Gasteiger partial charge in [0.15, 0.2) is 0 Å². The van der Waals surface area contributed by atoms with Crippen molar-refractivity contribution in [3.05, 3.63) is 83.8 Å². The van der Waals surface area contributed by atoms with Gasteiger partial charge in [-0.15, -0.1) is 5.10 Å². The molecule has 0 saturated heterocycles. The minimum absolute atomic E-state index is 0.0696. The minimum Gasteiger partial charge on any atom is -0.372 e. The Morgan fingerprint density at radius 1 is 1.14 bits per heavy atom. The van der Waals surface area contributed by atoms with Crippen LogP contribution in [0.1, 0.15) is 21.5 Å². The topological polar surface area (TPSA) is 88.0 Å². The third-order valence-electron chi connectivity index (χ3n) is 5.85. The van der Waals surface area contributed by atoms with Crippen LogP contribution < -0.4 is 15.5 Å². The Morgan fingerprint density at radius 3 is 2.65 bits per heavy atom. The molecular formula is C26H26F3N7O. The summed E-state index contributed by atoms with van der Waals surface area (Å²) in [5, 5.41) is 14.0. The molecule has 0 saturated carbocycles. The molecule has 0 spiro atoms. The van der Waals surface area contributed by atoms with Crippen molar-refractivity contribution < 1.29 is 18.0 Å². The lowest BCUT2D eigenvalue weighted by Gasteiger charge is -2.24. The Morgan fingerprint density at radius 2 is 1.95 bits per heavy atom. The molecule has 0 radical (unpaired) electrons. The van der Waals surface area contributed by atoms with Crippen LogP contribution >= 0.6 is 0 Å². The predicted octanol–water partition coefficient (Wildman–Crippen LogP) is 4.56. The van der Waals surface area contributed by atoms with Crippen LogP contribution in [0.2, 0.25) is 0 Å². The van der Waals surface area contributed by atoms with Crippen LogP contribution in [-0.2, 0) is 6.18 Å². The second kappa shape index (κ2) is 10.8. The number of hydrogen-bond acceptors (Lipinski definition) is 6. The van der Waals surface area contributed by atoms with Crippen LogP contribution in [0.5, 0.6) is 0 Å². The summed E-state index contributed by atoms with van der Waals surface area (Å²) in [7, 11) is 3.54. The highest BCUT2D eigenvalue weighted by Gasteiger charge is 2.31. The number of aryl methyl sites for hydroxylation is 1. The number of halogens is 3. The summed E-state index contributed by atoms with van der Waals surface area (Å²) in [5.74, 6) is -0.545. The van der Waals surface area contributed by atoms with Crippen LogP contribution in [0.25, 0.3) is 16.9 Å². The maximum absolute atomic E-state index is 13.4. The highest BCUT2D eigenvalue weighted by atomic mass is 19.4. The zero-order valence-electron chi connectivity index (χ0n) is 20.5. The highest BCUT2D eigenvalue weighted by Crippen LogP contribution is 2.35. The number of carbonyl (C=O) groups excluding carboxylic acids is 1. The molecular weight excluding hydrogens is 483 g/mol. The third-order valence-corrected chi connectivity index (χ3v) is 5.85. The van der Waals surface area contributed by atoms with E-state index in [-0.39, 0.29) is 11.3 Å². The van der Waals surface area contributed by atoms with E-state index in [2.05, 4.69) is 25.9 Å². The fourth-order valence-corrected chi connectivity index (χ4v) is 3.77. The van der Waals surface area contributed by atoms with Gasteiger partial charge in [0.25, 0.3) is 5.91 Å². The van der Waals surface area contributed by atoms with Crippen LogP contribution in [0.4, 0.5) is 24.5 Å². The third kappa shape index (κ3) is 5.95. The zero-order valence-corrected chi connectivity index (χ0v) is 20.5. The van der Waals surface area contributed by atoms with Gasteiger partial charge in [0.05, 0.1) is 28.8 Å². The highest BCUT2D eigenvalue weighted by molar-refractivity contribution is 6.06. The van der Waals surface area contributed by atoms with E-state index < -0.39 is 17.6 Å². The molecule has 4 rings (SSSR count). The lowest BCUT2D eigenvalue weighted by atomic mass is 10.1. The van der Waals surface area contributed by atoms with Gasteiger partial charge in [-0.25, -0.2) is 4.68 Å². The van der Waals surface area contributed by atoms with Crippen molar-refractivity contribution in [2.24, 2.45) is 0 Å². The molecule has 0 atom stereocenters. The smallest absolute Gasteiger partial charge is 0.372 e. The van der Waals surface area contributed by atoms with Crippen LogP contribution in [0.15, 0.2) is 67.1 Å². The summed E-state index contributed by atoms with van der Waals surface area (Å²) in [6.07, 6.45) is 0.514. The van der Waals surface area contributed by atoms with E-state index >= 15 is 0 Å². The molecule has 2 aromatic carbocycles. The largest absolute Gasteiger partial charge is 0.416 e. The van der Waals surface area contributed by atoms with E-state index in [0.29, 0.717) is 30.2 Å². The molecule has 8 nitrogen and oxygen atoms in total. The van der Waals surface area contributed by atoms with Crippen molar-refractivity contribution in [2.45, 2.75) is 13.1 Å². The molecule has 0 aliphatic carbocycles. The Kier molecular flexibility index (Phi) is 7.53. The molecule has 2 N–H and O–H groups in total. The Hall–Kier alpha value is -4.25. The molecule has 2 heterocycles. The van der Waals surface area contributed by atoms with Crippen molar-refractivity contribution in [3.63, 3.8) is 0 Å². The number of carbonyl (C=O) groups is 1. The maximum Gasteiger partial charge on any atom is 0.416 e. The Balaban J connectivity index is 1.64. The van der Waals surface area contributed by atoms with Gasteiger partial charge in [0, 0.05) is 43.7 Å². The molecule has 4 aromatic rings. The second-order valence-electron chi connectivity index (χ2n) is 8.50. The van der Waals surface area contributed by atoms with Gasteiger partial charge >= 0.3 is 6.18 Å².